The van der Waals surface area contributed by atoms with Crippen LogP contribution in [0.15, 0.2) is 136 Å². The van der Waals surface area contributed by atoms with Gasteiger partial charge in [0.1, 0.15) is 5.76 Å². The van der Waals surface area contributed by atoms with Gasteiger partial charge in [0.2, 0.25) is 0 Å². The number of benzene rings is 3. The van der Waals surface area contributed by atoms with Crippen molar-refractivity contribution >= 4 is 33.5 Å². The summed E-state index contributed by atoms with van der Waals surface area (Å²) >= 11 is 0. The van der Waals surface area contributed by atoms with Crippen LogP contribution in [-0.4, -0.2) is 6.04 Å². The van der Waals surface area contributed by atoms with E-state index < -0.39 is 0 Å². The van der Waals surface area contributed by atoms with Crippen molar-refractivity contribution in [3.8, 4) is 0 Å². The lowest BCUT2D eigenvalue weighted by Gasteiger charge is -2.35. The second-order valence-corrected chi connectivity index (χ2v) is 14.6. The maximum Gasteiger partial charge on any atom is 0.158 e. The highest BCUT2D eigenvalue weighted by Gasteiger charge is 2.44. The van der Waals surface area contributed by atoms with Crippen molar-refractivity contribution < 1.29 is 4.42 Å². The first-order chi connectivity index (χ1) is 22.1. The molecule has 4 aliphatic carbocycles. The van der Waals surface area contributed by atoms with Gasteiger partial charge in [-0.15, -0.1) is 0 Å². The van der Waals surface area contributed by atoms with Crippen molar-refractivity contribution in [2.24, 2.45) is 5.41 Å². The Morgan fingerprint density at radius 3 is 2.46 bits per heavy atom. The van der Waals surface area contributed by atoms with Crippen molar-refractivity contribution in [3.05, 3.63) is 154 Å². The summed E-state index contributed by atoms with van der Waals surface area (Å²) in [4.78, 5) is 2.52. The van der Waals surface area contributed by atoms with Crippen LogP contribution in [0, 0.1) is 5.41 Å². The molecule has 2 atom stereocenters. The first-order valence-electron chi connectivity index (χ1n) is 16.8. The van der Waals surface area contributed by atoms with Crippen LogP contribution in [0.3, 0.4) is 0 Å². The standard InChI is InChI=1S/C44H43NO/c1-8-9-20-34-28(3)40-37(43(34,4)5)25-27(2)39-33-19-15-22-38(41(33)46-42(39)40)45(29-16-11-10-12-17-29)30-23-24-32-31-18-13-14-21-35(31)44(6,7)36(32)26-30/h8-22,24,26-27,30H,1,23,25H2,2-7H3/b20-9-/t27-,30?/m1/s1. The molecule has 0 fully saturated rings. The van der Waals surface area contributed by atoms with E-state index >= 15 is 0 Å². The fourth-order valence-corrected chi connectivity index (χ4v) is 9.05. The van der Waals surface area contributed by atoms with Gasteiger partial charge < -0.3 is 9.32 Å². The fourth-order valence-electron chi connectivity index (χ4n) is 9.05. The van der Waals surface area contributed by atoms with Gasteiger partial charge in [0.25, 0.3) is 0 Å². The third-order valence-corrected chi connectivity index (χ3v) is 11.3. The minimum Gasteiger partial charge on any atom is -0.454 e. The Balaban J connectivity index is 1.32. The van der Waals surface area contributed by atoms with Gasteiger partial charge in [0.05, 0.1) is 11.7 Å². The Labute approximate surface area is 273 Å². The Morgan fingerprint density at radius 2 is 1.67 bits per heavy atom. The van der Waals surface area contributed by atoms with Gasteiger partial charge >= 0.3 is 0 Å². The molecule has 0 radical (unpaired) electrons. The van der Waals surface area contributed by atoms with E-state index in [9.17, 15) is 0 Å². The summed E-state index contributed by atoms with van der Waals surface area (Å²) in [6.07, 6.45) is 13.2. The molecule has 8 rings (SSSR count). The van der Waals surface area contributed by atoms with Crippen LogP contribution >= 0.6 is 0 Å². The number of para-hydroxylation sites is 2. The molecule has 230 valence electrons. The minimum absolute atomic E-state index is 0.0472. The molecular weight excluding hydrogens is 558 g/mol. The van der Waals surface area contributed by atoms with Crippen molar-refractivity contribution in [1.29, 1.82) is 0 Å². The van der Waals surface area contributed by atoms with E-state index in [1.807, 2.05) is 6.08 Å². The summed E-state index contributed by atoms with van der Waals surface area (Å²) in [7, 11) is 0. The zero-order valence-corrected chi connectivity index (χ0v) is 27.9. The zero-order chi connectivity index (χ0) is 32.0. The molecule has 1 aromatic heterocycles. The van der Waals surface area contributed by atoms with Gasteiger partial charge in [-0.05, 0) is 82.9 Å². The maximum atomic E-state index is 7.18. The zero-order valence-electron chi connectivity index (χ0n) is 27.9. The largest absolute Gasteiger partial charge is 0.454 e. The van der Waals surface area contributed by atoms with Crippen LogP contribution in [0.4, 0.5) is 11.4 Å². The van der Waals surface area contributed by atoms with Crippen LogP contribution in [0.2, 0.25) is 0 Å². The summed E-state index contributed by atoms with van der Waals surface area (Å²) in [5, 5.41) is 1.24. The Hall–Kier alpha value is -4.56. The molecule has 0 amide bonds. The molecule has 3 aromatic carbocycles. The van der Waals surface area contributed by atoms with E-state index in [4.69, 9.17) is 4.42 Å². The molecule has 0 N–H and O–H groups in total. The monoisotopic (exact) mass is 601 g/mol. The van der Waals surface area contributed by atoms with Crippen LogP contribution in [0.1, 0.15) is 82.8 Å². The van der Waals surface area contributed by atoms with E-state index in [0.29, 0.717) is 5.92 Å². The average Bonchev–Trinajstić information content (AvgIpc) is 3.62. The Morgan fingerprint density at radius 1 is 0.913 bits per heavy atom. The fraction of sp³-hybridized carbons (Fsp3) is 0.273. The normalized spacial score (nSPS) is 22.4. The number of fused-ring (bicyclic) bond motifs is 7. The van der Waals surface area contributed by atoms with Crippen LogP contribution in [0.5, 0.6) is 0 Å². The lowest BCUT2D eigenvalue weighted by atomic mass is 9.73. The number of furan rings is 1. The van der Waals surface area contributed by atoms with E-state index in [1.54, 1.807) is 0 Å². The van der Waals surface area contributed by atoms with E-state index in [2.05, 4.69) is 150 Å². The van der Waals surface area contributed by atoms with Crippen molar-refractivity contribution in [2.75, 3.05) is 4.90 Å². The molecule has 0 bridgehead atoms. The van der Waals surface area contributed by atoms with Crippen LogP contribution in [-0.2, 0) is 5.41 Å². The predicted molar refractivity (Wildman–Crippen MR) is 194 cm³/mol. The smallest absolute Gasteiger partial charge is 0.158 e. The third kappa shape index (κ3) is 3.95. The number of nitrogens with zero attached hydrogens (tertiary/aromatic N) is 1. The van der Waals surface area contributed by atoms with E-state index in [-0.39, 0.29) is 16.9 Å². The third-order valence-electron chi connectivity index (χ3n) is 11.3. The highest BCUT2D eigenvalue weighted by Crippen LogP contribution is 2.59. The molecule has 2 nitrogen and oxygen atoms in total. The first kappa shape index (κ1) is 28.9. The predicted octanol–water partition coefficient (Wildman–Crippen LogP) is 12.0. The van der Waals surface area contributed by atoms with Gasteiger partial charge in [-0.2, -0.15) is 0 Å². The van der Waals surface area contributed by atoms with E-state index in [1.165, 1.54) is 61.2 Å². The highest BCUT2D eigenvalue weighted by molar-refractivity contribution is 6.01. The number of hydrogen-bond donors (Lipinski definition) is 0. The van der Waals surface area contributed by atoms with Gasteiger partial charge in [-0.25, -0.2) is 0 Å². The van der Waals surface area contributed by atoms with Crippen LogP contribution in [0.25, 0.3) is 22.1 Å². The molecule has 0 saturated carbocycles. The first-order valence-corrected chi connectivity index (χ1v) is 16.8. The summed E-state index contributed by atoms with van der Waals surface area (Å²) < 4.78 is 7.18. The number of rotatable bonds is 5. The van der Waals surface area contributed by atoms with Gasteiger partial charge in [0, 0.05) is 33.0 Å². The highest BCUT2D eigenvalue weighted by atomic mass is 16.3. The molecular formula is C44H43NO. The second kappa shape index (κ2) is 10.2. The molecule has 46 heavy (non-hydrogen) atoms. The molecule has 2 heteroatoms. The second-order valence-electron chi connectivity index (χ2n) is 14.6. The lowest BCUT2D eigenvalue weighted by molar-refractivity contribution is 0.507. The number of anilines is 2. The topological polar surface area (TPSA) is 16.4 Å². The van der Waals surface area contributed by atoms with Gasteiger partial charge in [0.15, 0.2) is 5.58 Å². The summed E-state index contributed by atoms with van der Waals surface area (Å²) in [5.41, 5.74) is 15.7. The number of allylic oxidation sites excluding steroid dienone is 9. The van der Waals surface area contributed by atoms with E-state index in [0.717, 1.165) is 29.9 Å². The summed E-state index contributed by atoms with van der Waals surface area (Å²) in [5.74, 6) is 1.43. The maximum absolute atomic E-state index is 7.18. The van der Waals surface area contributed by atoms with Gasteiger partial charge in [-0.1, -0.05) is 126 Å². The average molecular weight is 602 g/mol. The molecule has 0 saturated heterocycles. The SMILES string of the molecule is C=C/C=C\C1=C(C)C2=C(C[C@@H](C)c3c2oc2c(N(c4ccccc4)C4C=C5C(=CC4)c4ccccc4C5(C)C)cccc32)C1(C)C. The Bertz CT molecular complexity index is 2090. The quantitative estimate of drug-likeness (QED) is 0.212. The summed E-state index contributed by atoms with van der Waals surface area (Å²) in [6, 6.07) is 26.7. The number of hydrogen-bond acceptors (Lipinski definition) is 2. The molecule has 1 unspecified atom stereocenters. The molecule has 0 aliphatic heterocycles. The van der Waals surface area contributed by atoms with Crippen molar-refractivity contribution in [3.63, 3.8) is 0 Å². The molecule has 4 aliphatic rings. The summed E-state index contributed by atoms with van der Waals surface area (Å²) in [6.45, 7) is 18.1. The van der Waals surface area contributed by atoms with Gasteiger partial charge in [-0.3, -0.25) is 0 Å². The van der Waals surface area contributed by atoms with Crippen molar-refractivity contribution in [1.82, 2.24) is 0 Å². The lowest BCUT2D eigenvalue weighted by Crippen LogP contribution is -2.32. The molecule has 0 spiro atoms. The molecule has 1 heterocycles. The minimum atomic E-state index is -0.0489. The van der Waals surface area contributed by atoms with Crippen molar-refractivity contribution in [2.45, 2.75) is 71.8 Å². The van der Waals surface area contributed by atoms with Crippen LogP contribution < -0.4 is 4.90 Å². The Kier molecular flexibility index (Phi) is 6.42. The molecule has 4 aromatic rings.